The molecule has 6 heteroatoms. The zero-order chi connectivity index (χ0) is 13.8. The molecule has 1 aliphatic rings. The van der Waals surface area contributed by atoms with Gasteiger partial charge in [-0.05, 0) is 41.1 Å². The third-order valence-corrected chi connectivity index (χ3v) is 4.22. The number of carboxylic acid groups (broad SMARTS) is 1. The van der Waals surface area contributed by atoms with E-state index in [0.29, 0.717) is 13.1 Å². The van der Waals surface area contributed by atoms with Crippen molar-refractivity contribution in [3.05, 3.63) is 22.4 Å². The first kappa shape index (κ1) is 13.9. The molecule has 2 rings (SSSR count). The molecule has 2 N–H and O–H groups in total. The van der Waals surface area contributed by atoms with Crippen molar-refractivity contribution in [3.8, 4) is 0 Å². The van der Waals surface area contributed by atoms with Crippen molar-refractivity contribution in [2.45, 2.75) is 25.8 Å². The van der Waals surface area contributed by atoms with E-state index in [1.807, 2.05) is 23.8 Å². The van der Waals surface area contributed by atoms with Crippen molar-refractivity contribution in [1.82, 2.24) is 10.2 Å². The van der Waals surface area contributed by atoms with Crippen LogP contribution in [0.25, 0.3) is 0 Å². The first-order chi connectivity index (χ1) is 9.09. The van der Waals surface area contributed by atoms with Gasteiger partial charge in [-0.25, -0.2) is 9.59 Å². The van der Waals surface area contributed by atoms with Crippen LogP contribution >= 0.6 is 11.3 Å². The summed E-state index contributed by atoms with van der Waals surface area (Å²) in [6.07, 6.45) is 1.52. The van der Waals surface area contributed by atoms with E-state index in [0.717, 1.165) is 12.8 Å². The number of nitrogens with one attached hydrogen (secondary N) is 1. The molecule has 0 aromatic carbocycles. The third-order valence-electron chi connectivity index (χ3n) is 3.48. The van der Waals surface area contributed by atoms with Gasteiger partial charge in [-0.1, -0.05) is 6.92 Å². The molecule has 0 spiro atoms. The fourth-order valence-electron chi connectivity index (χ4n) is 2.40. The molecule has 19 heavy (non-hydrogen) atoms. The Hall–Kier alpha value is -1.56. The van der Waals surface area contributed by atoms with Crippen LogP contribution in [0.2, 0.25) is 0 Å². The Bertz CT molecular complexity index is 447. The van der Waals surface area contributed by atoms with Crippen LogP contribution in [-0.2, 0) is 11.2 Å². The second-order valence-electron chi connectivity index (χ2n) is 4.86. The van der Waals surface area contributed by atoms with Gasteiger partial charge in [-0.15, -0.1) is 0 Å². The van der Waals surface area contributed by atoms with E-state index in [-0.39, 0.29) is 11.9 Å². The van der Waals surface area contributed by atoms with E-state index in [1.165, 1.54) is 10.5 Å². The summed E-state index contributed by atoms with van der Waals surface area (Å²) in [6, 6.07) is 1.06. The molecule has 2 atom stereocenters. The van der Waals surface area contributed by atoms with Crippen LogP contribution in [0.5, 0.6) is 0 Å². The maximum atomic E-state index is 12.0. The summed E-state index contributed by atoms with van der Waals surface area (Å²) in [5, 5.41) is 16.0. The minimum absolute atomic E-state index is 0.0140. The normalized spacial score (nSPS) is 22.5. The average Bonchev–Trinajstić information content (AvgIpc) is 2.97. The summed E-state index contributed by atoms with van der Waals surface area (Å²) in [7, 11) is 0. The van der Waals surface area contributed by atoms with Gasteiger partial charge in [0.15, 0.2) is 0 Å². The molecule has 0 aliphatic carbocycles. The van der Waals surface area contributed by atoms with Crippen LogP contribution in [0.3, 0.4) is 0 Å². The number of carboxylic acids is 1. The molecule has 2 amide bonds. The lowest BCUT2D eigenvalue weighted by molar-refractivity contribution is -0.142. The molecule has 1 aliphatic heterocycles. The SMILES string of the molecule is CC1CCN(C(=O)NCCc2ccsc2)C1C(=O)O. The van der Waals surface area contributed by atoms with Crippen molar-refractivity contribution >= 4 is 23.3 Å². The Morgan fingerprint density at radius 2 is 2.37 bits per heavy atom. The van der Waals surface area contributed by atoms with Gasteiger partial charge in [0.05, 0.1) is 0 Å². The number of urea groups is 1. The Morgan fingerprint density at radius 1 is 1.58 bits per heavy atom. The zero-order valence-corrected chi connectivity index (χ0v) is 11.7. The van der Waals surface area contributed by atoms with Crippen LogP contribution in [-0.4, -0.2) is 41.1 Å². The molecule has 1 aromatic rings. The topological polar surface area (TPSA) is 69.6 Å². The van der Waals surface area contributed by atoms with Gasteiger partial charge in [0.25, 0.3) is 0 Å². The van der Waals surface area contributed by atoms with Crippen LogP contribution in [0, 0.1) is 5.92 Å². The lowest BCUT2D eigenvalue weighted by Gasteiger charge is -2.23. The molecule has 5 nitrogen and oxygen atoms in total. The van der Waals surface area contributed by atoms with Gasteiger partial charge < -0.3 is 15.3 Å². The van der Waals surface area contributed by atoms with Gasteiger partial charge in [0.1, 0.15) is 6.04 Å². The predicted molar refractivity (Wildman–Crippen MR) is 73.3 cm³/mol. The van der Waals surface area contributed by atoms with Gasteiger partial charge >= 0.3 is 12.0 Å². The number of nitrogens with zero attached hydrogens (tertiary/aromatic N) is 1. The summed E-state index contributed by atoms with van der Waals surface area (Å²) in [6.45, 7) is 2.92. The zero-order valence-electron chi connectivity index (χ0n) is 10.8. The van der Waals surface area contributed by atoms with E-state index in [4.69, 9.17) is 5.11 Å². The number of aliphatic carboxylic acids is 1. The van der Waals surface area contributed by atoms with Crippen LogP contribution < -0.4 is 5.32 Å². The van der Waals surface area contributed by atoms with Gasteiger partial charge in [-0.3, -0.25) is 0 Å². The van der Waals surface area contributed by atoms with Crippen LogP contribution in [0.1, 0.15) is 18.9 Å². The Balaban J connectivity index is 1.84. The number of hydrogen-bond acceptors (Lipinski definition) is 3. The molecule has 2 heterocycles. The molecule has 1 aromatic heterocycles. The summed E-state index contributed by atoms with van der Waals surface area (Å²) < 4.78 is 0. The van der Waals surface area contributed by atoms with E-state index < -0.39 is 12.0 Å². The largest absolute Gasteiger partial charge is 0.480 e. The van der Waals surface area contributed by atoms with Crippen LogP contribution in [0.4, 0.5) is 4.79 Å². The first-order valence-electron chi connectivity index (χ1n) is 6.38. The molecule has 1 saturated heterocycles. The molecule has 2 unspecified atom stereocenters. The van der Waals surface area contributed by atoms with Crippen molar-refractivity contribution in [1.29, 1.82) is 0 Å². The summed E-state index contributed by atoms with van der Waals surface area (Å²) >= 11 is 1.63. The second kappa shape index (κ2) is 6.06. The monoisotopic (exact) mass is 282 g/mol. The van der Waals surface area contributed by atoms with E-state index in [9.17, 15) is 9.59 Å². The van der Waals surface area contributed by atoms with E-state index in [1.54, 1.807) is 11.3 Å². The van der Waals surface area contributed by atoms with E-state index in [2.05, 4.69) is 5.32 Å². The maximum Gasteiger partial charge on any atom is 0.326 e. The maximum absolute atomic E-state index is 12.0. The summed E-state index contributed by atoms with van der Waals surface area (Å²) in [4.78, 5) is 24.6. The lowest BCUT2D eigenvalue weighted by atomic mass is 10.0. The number of thiophene rings is 1. The van der Waals surface area contributed by atoms with Crippen molar-refractivity contribution in [2.75, 3.05) is 13.1 Å². The lowest BCUT2D eigenvalue weighted by Crippen LogP contribution is -2.47. The van der Waals surface area contributed by atoms with Crippen LogP contribution in [0.15, 0.2) is 16.8 Å². The highest BCUT2D eigenvalue weighted by atomic mass is 32.1. The van der Waals surface area contributed by atoms with Gasteiger partial charge in [0, 0.05) is 13.1 Å². The number of likely N-dealkylation sites (tertiary alicyclic amines) is 1. The smallest absolute Gasteiger partial charge is 0.326 e. The molecule has 0 radical (unpaired) electrons. The number of rotatable bonds is 4. The summed E-state index contributed by atoms with van der Waals surface area (Å²) in [5.74, 6) is -0.905. The number of carbonyl (C=O) groups excluding carboxylic acids is 1. The minimum atomic E-state index is -0.919. The van der Waals surface area contributed by atoms with Crippen molar-refractivity contribution < 1.29 is 14.7 Å². The standard InChI is InChI=1S/C13H18N2O3S/c1-9-3-6-15(11(9)12(16)17)13(18)14-5-2-10-4-7-19-8-10/h4,7-9,11H,2-3,5-6H2,1H3,(H,14,18)(H,16,17). The Morgan fingerprint density at radius 3 is 3.00 bits per heavy atom. The highest BCUT2D eigenvalue weighted by Crippen LogP contribution is 2.23. The van der Waals surface area contributed by atoms with E-state index >= 15 is 0 Å². The number of carbonyl (C=O) groups is 2. The fourth-order valence-corrected chi connectivity index (χ4v) is 3.10. The second-order valence-corrected chi connectivity index (χ2v) is 5.64. The highest BCUT2D eigenvalue weighted by Gasteiger charge is 2.39. The number of amides is 2. The van der Waals surface area contributed by atoms with Crippen molar-refractivity contribution in [3.63, 3.8) is 0 Å². The highest BCUT2D eigenvalue weighted by molar-refractivity contribution is 7.07. The van der Waals surface area contributed by atoms with Crippen molar-refractivity contribution in [2.24, 2.45) is 5.92 Å². The fraction of sp³-hybridized carbons (Fsp3) is 0.538. The molecule has 1 fully saturated rings. The molecular weight excluding hydrogens is 264 g/mol. The predicted octanol–water partition coefficient (Wildman–Crippen LogP) is 1.80. The molecule has 0 saturated carbocycles. The minimum Gasteiger partial charge on any atom is -0.480 e. The van der Waals surface area contributed by atoms with Gasteiger partial charge in [0.2, 0.25) is 0 Å². The Labute approximate surface area is 116 Å². The summed E-state index contributed by atoms with van der Waals surface area (Å²) in [5.41, 5.74) is 1.19. The molecule has 0 bridgehead atoms. The first-order valence-corrected chi connectivity index (χ1v) is 7.32. The molecule has 104 valence electrons. The number of hydrogen-bond donors (Lipinski definition) is 2. The quantitative estimate of drug-likeness (QED) is 0.884. The molecular formula is C13H18N2O3S. The third kappa shape index (κ3) is 3.26. The Kier molecular flexibility index (Phi) is 4.42. The average molecular weight is 282 g/mol. The van der Waals surface area contributed by atoms with Gasteiger partial charge in [-0.2, -0.15) is 11.3 Å².